The maximum atomic E-state index is 3.36. The highest BCUT2D eigenvalue weighted by molar-refractivity contribution is 7.10. The third kappa shape index (κ3) is 2.25. The summed E-state index contributed by atoms with van der Waals surface area (Å²) in [5.41, 5.74) is 0. The predicted octanol–water partition coefficient (Wildman–Crippen LogP) is 2.49. The minimum absolute atomic E-state index is 0.627. The van der Waals surface area contributed by atoms with E-state index >= 15 is 0 Å². The Morgan fingerprint density at radius 1 is 1.53 bits per heavy atom. The van der Waals surface area contributed by atoms with E-state index in [0.717, 1.165) is 25.7 Å². The van der Waals surface area contributed by atoms with Crippen LogP contribution in [0.1, 0.15) is 31.2 Å². The molecule has 1 fully saturated rings. The molecule has 0 radical (unpaired) electrons. The minimum atomic E-state index is 0.627. The fraction of sp³-hybridized carbons (Fsp3) is 0.667. The summed E-state index contributed by atoms with van der Waals surface area (Å²) in [5.74, 6) is 0. The number of rotatable bonds is 5. The molecular formula is C12H20N2S. The Bertz CT molecular complexity index is 280. The molecule has 0 bridgehead atoms. The molecule has 1 aromatic rings. The maximum absolute atomic E-state index is 3.36. The predicted molar refractivity (Wildman–Crippen MR) is 66.4 cm³/mol. The molecule has 1 N–H and O–H groups in total. The van der Waals surface area contributed by atoms with Gasteiger partial charge in [0.05, 0.1) is 0 Å². The second-order valence-electron chi connectivity index (χ2n) is 4.08. The van der Waals surface area contributed by atoms with Crippen LogP contribution in [0.25, 0.3) is 0 Å². The lowest BCUT2D eigenvalue weighted by molar-refractivity contribution is 0.0999. The quantitative estimate of drug-likeness (QED) is 0.826. The molecule has 1 aromatic heterocycles. The SMILES string of the molecule is CCC(c1cccs1)N(CC)C1CNC1. The van der Waals surface area contributed by atoms with Gasteiger partial charge in [-0.3, -0.25) is 4.90 Å². The van der Waals surface area contributed by atoms with E-state index in [1.54, 1.807) is 0 Å². The lowest BCUT2D eigenvalue weighted by Gasteiger charge is -2.42. The zero-order chi connectivity index (χ0) is 10.7. The molecule has 0 aliphatic carbocycles. The molecule has 0 aromatic carbocycles. The van der Waals surface area contributed by atoms with E-state index in [1.165, 1.54) is 11.3 Å². The van der Waals surface area contributed by atoms with Crippen molar-refractivity contribution in [3.8, 4) is 0 Å². The summed E-state index contributed by atoms with van der Waals surface area (Å²) in [4.78, 5) is 4.16. The molecule has 1 saturated heterocycles. The smallest absolute Gasteiger partial charge is 0.0442 e. The number of hydrogen-bond donors (Lipinski definition) is 1. The van der Waals surface area contributed by atoms with Crippen molar-refractivity contribution in [2.45, 2.75) is 32.4 Å². The molecule has 3 heteroatoms. The molecule has 2 rings (SSSR count). The normalized spacial score (nSPS) is 19.1. The van der Waals surface area contributed by atoms with Gasteiger partial charge in [0.15, 0.2) is 0 Å². The Kier molecular flexibility index (Phi) is 3.78. The van der Waals surface area contributed by atoms with Gasteiger partial charge < -0.3 is 5.32 Å². The van der Waals surface area contributed by atoms with Crippen molar-refractivity contribution in [3.63, 3.8) is 0 Å². The first-order valence-corrected chi connectivity index (χ1v) is 6.74. The highest BCUT2D eigenvalue weighted by atomic mass is 32.1. The van der Waals surface area contributed by atoms with Crippen molar-refractivity contribution in [1.29, 1.82) is 0 Å². The van der Waals surface area contributed by atoms with Crippen LogP contribution in [0.15, 0.2) is 17.5 Å². The number of thiophene rings is 1. The first-order chi connectivity index (χ1) is 7.36. The Morgan fingerprint density at radius 2 is 2.33 bits per heavy atom. The van der Waals surface area contributed by atoms with Gasteiger partial charge in [-0.2, -0.15) is 0 Å². The molecule has 84 valence electrons. The Balaban J connectivity index is 2.09. The minimum Gasteiger partial charge on any atom is -0.314 e. The van der Waals surface area contributed by atoms with Crippen molar-refractivity contribution in [1.82, 2.24) is 10.2 Å². The summed E-state index contributed by atoms with van der Waals surface area (Å²) < 4.78 is 0. The van der Waals surface area contributed by atoms with Crippen molar-refractivity contribution in [2.75, 3.05) is 19.6 Å². The van der Waals surface area contributed by atoms with Gasteiger partial charge >= 0.3 is 0 Å². The second-order valence-corrected chi connectivity index (χ2v) is 5.06. The van der Waals surface area contributed by atoms with Gasteiger partial charge in [-0.25, -0.2) is 0 Å². The molecule has 0 saturated carbocycles. The van der Waals surface area contributed by atoms with Gasteiger partial charge in [-0.1, -0.05) is 19.9 Å². The zero-order valence-electron chi connectivity index (χ0n) is 9.57. The first-order valence-electron chi connectivity index (χ1n) is 5.86. The number of hydrogen-bond acceptors (Lipinski definition) is 3. The van der Waals surface area contributed by atoms with Crippen molar-refractivity contribution >= 4 is 11.3 Å². The van der Waals surface area contributed by atoms with Crippen LogP contribution in [0, 0.1) is 0 Å². The third-order valence-electron chi connectivity index (χ3n) is 3.25. The fourth-order valence-corrected chi connectivity index (χ4v) is 3.25. The van der Waals surface area contributed by atoms with E-state index in [9.17, 15) is 0 Å². The summed E-state index contributed by atoms with van der Waals surface area (Å²) >= 11 is 1.89. The van der Waals surface area contributed by atoms with Crippen LogP contribution >= 0.6 is 11.3 Å². The van der Waals surface area contributed by atoms with E-state index in [-0.39, 0.29) is 0 Å². The second kappa shape index (κ2) is 5.10. The molecule has 1 aliphatic heterocycles. The van der Waals surface area contributed by atoms with Gasteiger partial charge in [0.25, 0.3) is 0 Å². The largest absolute Gasteiger partial charge is 0.314 e. The fourth-order valence-electron chi connectivity index (χ4n) is 2.32. The van der Waals surface area contributed by atoms with Crippen LogP contribution in [0.2, 0.25) is 0 Å². The Labute approximate surface area is 96.3 Å². The van der Waals surface area contributed by atoms with Crippen molar-refractivity contribution in [2.24, 2.45) is 0 Å². The lowest BCUT2D eigenvalue weighted by Crippen LogP contribution is -2.57. The molecule has 2 heterocycles. The summed E-state index contributed by atoms with van der Waals surface area (Å²) in [6.45, 7) is 8.04. The van der Waals surface area contributed by atoms with Gasteiger partial charge in [0.2, 0.25) is 0 Å². The Morgan fingerprint density at radius 3 is 2.73 bits per heavy atom. The van der Waals surface area contributed by atoms with E-state index in [1.807, 2.05) is 11.3 Å². The number of nitrogens with zero attached hydrogens (tertiary/aromatic N) is 1. The van der Waals surface area contributed by atoms with Crippen LogP contribution < -0.4 is 5.32 Å². The molecule has 1 unspecified atom stereocenters. The van der Waals surface area contributed by atoms with E-state index in [2.05, 4.69) is 41.6 Å². The molecule has 1 aliphatic rings. The summed E-state index contributed by atoms with van der Waals surface area (Å²) in [6, 6.07) is 5.81. The average Bonchev–Trinajstić information content (AvgIpc) is 2.67. The lowest BCUT2D eigenvalue weighted by atomic mass is 10.0. The monoisotopic (exact) mass is 224 g/mol. The van der Waals surface area contributed by atoms with Crippen LogP contribution in [-0.4, -0.2) is 30.6 Å². The average molecular weight is 224 g/mol. The molecular weight excluding hydrogens is 204 g/mol. The van der Waals surface area contributed by atoms with Crippen LogP contribution in [0.5, 0.6) is 0 Å². The molecule has 1 atom stereocenters. The van der Waals surface area contributed by atoms with Crippen molar-refractivity contribution < 1.29 is 0 Å². The van der Waals surface area contributed by atoms with E-state index in [0.29, 0.717) is 6.04 Å². The highest BCUT2D eigenvalue weighted by Crippen LogP contribution is 2.30. The van der Waals surface area contributed by atoms with Gasteiger partial charge in [-0.15, -0.1) is 11.3 Å². The summed E-state index contributed by atoms with van der Waals surface area (Å²) in [6.07, 6.45) is 1.21. The summed E-state index contributed by atoms with van der Waals surface area (Å²) in [5, 5.41) is 5.55. The topological polar surface area (TPSA) is 15.3 Å². The van der Waals surface area contributed by atoms with Crippen LogP contribution in [0.4, 0.5) is 0 Å². The van der Waals surface area contributed by atoms with Crippen LogP contribution in [-0.2, 0) is 0 Å². The molecule has 15 heavy (non-hydrogen) atoms. The van der Waals surface area contributed by atoms with Gasteiger partial charge in [0.1, 0.15) is 0 Å². The molecule has 0 amide bonds. The molecule has 0 spiro atoms. The maximum Gasteiger partial charge on any atom is 0.0442 e. The van der Waals surface area contributed by atoms with Crippen molar-refractivity contribution in [3.05, 3.63) is 22.4 Å². The summed E-state index contributed by atoms with van der Waals surface area (Å²) in [7, 11) is 0. The Hall–Kier alpha value is -0.380. The van der Waals surface area contributed by atoms with Gasteiger partial charge in [0, 0.05) is 30.1 Å². The van der Waals surface area contributed by atoms with E-state index in [4.69, 9.17) is 0 Å². The number of nitrogens with one attached hydrogen (secondary N) is 1. The van der Waals surface area contributed by atoms with E-state index < -0.39 is 0 Å². The van der Waals surface area contributed by atoms with Gasteiger partial charge in [-0.05, 0) is 24.4 Å². The zero-order valence-corrected chi connectivity index (χ0v) is 10.4. The highest BCUT2D eigenvalue weighted by Gasteiger charge is 2.29. The number of likely N-dealkylation sites (N-methyl/N-ethyl adjacent to an activating group) is 1. The standard InChI is InChI=1S/C12H20N2S/c1-3-11(12-6-5-7-15-12)14(4-2)10-8-13-9-10/h5-7,10-11,13H,3-4,8-9H2,1-2H3. The third-order valence-corrected chi connectivity index (χ3v) is 4.23. The van der Waals surface area contributed by atoms with Crippen LogP contribution in [0.3, 0.4) is 0 Å². The molecule has 2 nitrogen and oxygen atoms in total. The first kappa shape index (κ1) is 11.1.